The highest BCUT2D eigenvalue weighted by Crippen LogP contribution is 2.18. The molecule has 11 nitrogen and oxygen atoms in total. The van der Waals surface area contributed by atoms with Crippen LogP contribution >= 0.6 is 0 Å². The van der Waals surface area contributed by atoms with E-state index in [1.807, 2.05) is 6.92 Å². The standard InChI is InChI=1S/C28H53N5O6/c1-3-4-5-6-7-8-9-10-11-16-24(22(2)39-28(37)33-20-13-17-25(33)34)38-21-14-19-31-23(26(35)36)15-12-18-32-27(29)30/h22-24,31H,3-21H2,1-2H3,(H,35,36)(H4,29,30,32)/t22?,23-,24?/m0/s1. The first-order valence-electron chi connectivity index (χ1n) is 14.9. The Kier molecular flexibility index (Phi) is 19.0. The van der Waals surface area contributed by atoms with Crippen molar-refractivity contribution in [1.29, 1.82) is 5.41 Å². The Bertz CT molecular complexity index is 723. The minimum Gasteiger partial charge on any atom is -0.480 e. The molecule has 1 aliphatic rings. The van der Waals surface area contributed by atoms with Gasteiger partial charge in [-0.3, -0.25) is 15.0 Å². The predicted octanol–water partition coefficient (Wildman–Crippen LogP) is 4.14. The van der Waals surface area contributed by atoms with Crippen molar-refractivity contribution in [3.8, 4) is 0 Å². The van der Waals surface area contributed by atoms with E-state index >= 15 is 0 Å². The molecule has 1 aliphatic heterocycles. The van der Waals surface area contributed by atoms with Crippen molar-refractivity contribution in [1.82, 2.24) is 15.5 Å². The van der Waals surface area contributed by atoms with Gasteiger partial charge in [-0.05, 0) is 45.6 Å². The van der Waals surface area contributed by atoms with E-state index < -0.39 is 24.2 Å². The van der Waals surface area contributed by atoms with Gasteiger partial charge in [-0.1, -0.05) is 64.7 Å². The van der Waals surface area contributed by atoms with Crippen LogP contribution in [0.4, 0.5) is 4.79 Å². The summed E-state index contributed by atoms with van der Waals surface area (Å²) in [5.74, 6) is -1.24. The zero-order valence-corrected chi connectivity index (χ0v) is 24.2. The molecule has 0 radical (unpaired) electrons. The summed E-state index contributed by atoms with van der Waals surface area (Å²) < 4.78 is 11.7. The third-order valence-electron chi connectivity index (χ3n) is 7.02. The molecule has 0 spiro atoms. The molecule has 2 unspecified atom stereocenters. The highest BCUT2D eigenvalue weighted by molar-refractivity contribution is 5.93. The first-order chi connectivity index (χ1) is 18.8. The van der Waals surface area contributed by atoms with E-state index in [-0.39, 0.29) is 18.0 Å². The molecule has 1 rings (SSSR count). The van der Waals surface area contributed by atoms with Crippen LogP contribution in [0.25, 0.3) is 0 Å². The Hall–Kier alpha value is -2.40. The van der Waals surface area contributed by atoms with Gasteiger partial charge in [-0.15, -0.1) is 0 Å². The molecule has 1 heterocycles. The van der Waals surface area contributed by atoms with Gasteiger partial charge in [-0.25, -0.2) is 9.69 Å². The quantitative estimate of drug-likeness (QED) is 0.0707. The first kappa shape index (κ1) is 34.6. The number of carboxylic acids is 1. The maximum absolute atomic E-state index is 12.5. The molecule has 11 heteroatoms. The van der Waals surface area contributed by atoms with Crippen LogP contribution in [0.5, 0.6) is 0 Å². The van der Waals surface area contributed by atoms with Crippen LogP contribution in [-0.2, 0) is 19.1 Å². The van der Waals surface area contributed by atoms with Crippen LogP contribution in [0.3, 0.4) is 0 Å². The molecule has 6 N–H and O–H groups in total. The van der Waals surface area contributed by atoms with Crippen molar-refractivity contribution < 1.29 is 29.0 Å². The summed E-state index contributed by atoms with van der Waals surface area (Å²) in [4.78, 5) is 37.1. The zero-order valence-electron chi connectivity index (χ0n) is 24.2. The molecule has 0 aromatic carbocycles. The first-order valence-corrected chi connectivity index (χ1v) is 14.9. The van der Waals surface area contributed by atoms with Crippen LogP contribution in [0.15, 0.2) is 0 Å². The second-order valence-corrected chi connectivity index (χ2v) is 10.4. The van der Waals surface area contributed by atoms with Gasteiger partial charge in [0.25, 0.3) is 0 Å². The number of imide groups is 1. The number of aliphatic carboxylic acids is 1. The van der Waals surface area contributed by atoms with Crippen molar-refractivity contribution in [3.05, 3.63) is 0 Å². The number of carbonyl (C=O) groups excluding carboxylic acids is 2. The van der Waals surface area contributed by atoms with E-state index in [2.05, 4.69) is 17.6 Å². The number of amides is 2. The molecule has 226 valence electrons. The fourth-order valence-electron chi connectivity index (χ4n) is 4.67. The minimum atomic E-state index is -0.918. The number of unbranched alkanes of at least 4 members (excludes halogenated alkanes) is 8. The monoisotopic (exact) mass is 555 g/mol. The lowest BCUT2D eigenvalue weighted by atomic mass is 10.0. The maximum Gasteiger partial charge on any atom is 0.416 e. The molecule has 0 aliphatic carbocycles. The lowest BCUT2D eigenvalue weighted by Gasteiger charge is -2.26. The summed E-state index contributed by atoms with van der Waals surface area (Å²) in [5, 5.41) is 22.3. The molecule has 1 fully saturated rings. The predicted molar refractivity (Wildman–Crippen MR) is 152 cm³/mol. The van der Waals surface area contributed by atoms with Gasteiger partial charge < -0.3 is 30.9 Å². The van der Waals surface area contributed by atoms with Gasteiger partial charge in [0.15, 0.2) is 5.96 Å². The molecule has 39 heavy (non-hydrogen) atoms. The number of rotatable bonds is 23. The van der Waals surface area contributed by atoms with Crippen molar-refractivity contribution in [2.45, 2.75) is 128 Å². The minimum absolute atomic E-state index is 0.129. The van der Waals surface area contributed by atoms with Gasteiger partial charge in [0.2, 0.25) is 5.91 Å². The largest absolute Gasteiger partial charge is 0.480 e. The van der Waals surface area contributed by atoms with Crippen LogP contribution < -0.4 is 16.4 Å². The van der Waals surface area contributed by atoms with Crippen LogP contribution in [0, 0.1) is 5.41 Å². The normalized spacial score (nSPS) is 15.6. The third kappa shape index (κ3) is 16.3. The van der Waals surface area contributed by atoms with E-state index in [4.69, 9.17) is 20.6 Å². The van der Waals surface area contributed by atoms with Gasteiger partial charge in [0, 0.05) is 26.1 Å². The third-order valence-corrected chi connectivity index (χ3v) is 7.02. The van der Waals surface area contributed by atoms with Crippen molar-refractivity contribution >= 4 is 23.9 Å². The summed E-state index contributed by atoms with van der Waals surface area (Å²) in [6.07, 6.45) is 12.9. The number of nitrogens with one attached hydrogen (secondary N) is 3. The molecule has 1 saturated heterocycles. The molecule has 0 saturated carbocycles. The second-order valence-electron chi connectivity index (χ2n) is 10.4. The van der Waals surface area contributed by atoms with E-state index in [0.717, 1.165) is 19.3 Å². The van der Waals surface area contributed by atoms with E-state index in [9.17, 15) is 19.5 Å². The van der Waals surface area contributed by atoms with E-state index in [1.54, 1.807) is 0 Å². The average molecular weight is 556 g/mol. The molecule has 0 bridgehead atoms. The lowest BCUT2D eigenvalue weighted by Crippen LogP contribution is -2.40. The van der Waals surface area contributed by atoms with Crippen LogP contribution in [0.1, 0.15) is 110 Å². The molecule has 0 aromatic heterocycles. The maximum atomic E-state index is 12.5. The summed E-state index contributed by atoms with van der Waals surface area (Å²) in [6.45, 7) is 5.75. The van der Waals surface area contributed by atoms with Crippen molar-refractivity contribution in [3.63, 3.8) is 0 Å². The van der Waals surface area contributed by atoms with Gasteiger partial charge >= 0.3 is 12.1 Å². The molecule has 0 aromatic rings. The zero-order chi connectivity index (χ0) is 28.9. The Balaban J connectivity index is 2.44. The Morgan fingerprint density at radius 1 is 1.03 bits per heavy atom. The summed E-state index contributed by atoms with van der Waals surface area (Å²) in [7, 11) is 0. The number of nitrogens with zero attached hydrogens (tertiary/aromatic N) is 1. The summed E-state index contributed by atoms with van der Waals surface area (Å²) in [6, 6.07) is -0.686. The smallest absolute Gasteiger partial charge is 0.416 e. The van der Waals surface area contributed by atoms with Crippen LogP contribution in [-0.4, -0.2) is 78.4 Å². The fraction of sp³-hybridized carbons (Fsp3) is 0.857. The van der Waals surface area contributed by atoms with E-state index in [1.165, 1.54) is 49.8 Å². The second kappa shape index (κ2) is 21.4. The fourth-order valence-corrected chi connectivity index (χ4v) is 4.67. The number of ether oxygens (including phenoxy) is 2. The van der Waals surface area contributed by atoms with Gasteiger partial charge in [0.05, 0.1) is 6.10 Å². The molecular formula is C28H53N5O6. The highest BCUT2D eigenvalue weighted by Gasteiger charge is 2.31. The van der Waals surface area contributed by atoms with Crippen molar-refractivity contribution in [2.75, 3.05) is 26.2 Å². The summed E-state index contributed by atoms with van der Waals surface area (Å²) >= 11 is 0. The Morgan fingerprint density at radius 2 is 1.69 bits per heavy atom. The topological polar surface area (TPSA) is 167 Å². The number of likely N-dealkylation sites (tertiary alicyclic amines) is 1. The number of nitrogens with two attached hydrogens (primary N) is 1. The Labute approximate surface area is 234 Å². The molecule has 2 amide bonds. The SMILES string of the molecule is CCCCCCCCCCCC(OCCCN[C@@H](CCCNC(=N)N)C(=O)O)C(C)OC(=O)N1CCCC1=O. The summed E-state index contributed by atoms with van der Waals surface area (Å²) in [5.41, 5.74) is 5.25. The number of carbonyl (C=O) groups is 3. The Morgan fingerprint density at radius 3 is 2.28 bits per heavy atom. The van der Waals surface area contributed by atoms with E-state index in [0.29, 0.717) is 58.3 Å². The van der Waals surface area contributed by atoms with Crippen molar-refractivity contribution in [2.24, 2.45) is 5.73 Å². The highest BCUT2D eigenvalue weighted by atomic mass is 16.6. The van der Waals surface area contributed by atoms with Crippen LogP contribution in [0.2, 0.25) is 0 Å². The molecule has 3 atom stereocenters. The molecular weight excluding hydrogens is 502 g/mol. The number of hydrogen-bond donors (Lipinski definition) is 5. The lowest BCUT2D eigenvalue weighted by molar-refractivity contribution is -0.139. The number of hydrogen-bond acceptors (Lipinski definition) is 7. The van der Waals surface area contributed by atoms with Gasteiger partial charge in [-0.2, -0.15) is 0 Å². The number of carboxylic acid groups (broad SMARTS) is 1. The number of guanidine groups is 1. The average Bonchev–Trinajstić information content (AvgIpc) is 3.32. The van der Waals surface area contributed by atoms with Gasteiger partial charge in [0.1, 0.15) is 12.1 Å².